The molecule has 0 spiro atoms. The molecule has 0 aromatic heterocycles. The first kappa shape index (κ1) is 35.5. The molecule has 0 aliphatic carbocycles. The Labute approximate surface area is 289 Å². The summed E-state index contributed by atoms with van der Waals surface area (Å²) in [6.45, 7) is 8.53. The van der Waals surface area contributed by atoms with Crippen LogP contribution < -0.4 is 9.80 Å². The van der Waals surface area contributed by atoms with Crippen molar-refractivity contribution in [3.8, 4) is 0 Å². The van der Waals surface area contributed by atoms with Gasteiger partial charge in [0.2, 0.25) is 12.3 Å². The first-order valence-electron chi connectivity index (χ1n) is 17.0. The summed E-state index contributed by atoms with van der Waals surface area (Å²) in [4.78, 5) is 44.7. The van der Waals surface area contributed by atoms with Crippen molar-refractivity contribution in [1.82, 2.24) is 4.90 Å². The maximum atomic E-state index is 14.2. The van der Waals surface area contributed by atoms with Gasteiger partial charge in [0.05, 0.1) is 18.3 Å². The van der Waals surface area contributed by atoms with Gasteiger partial charge in [0, 0.05) is 42.4 Å². The molecule has 2 heterocycles. The number of nitrogens with zero attached hydrogens (tertiary/aromatic N) is 3. The van der Waals surface area contributed by atoms with Crippen LogP contribution in [0.1, 0.15) is 63.6 Å². The van der Waals surface area contributed by atoms with Crippen molar-refractivity contribution in [3.05, 3.63) is 125 Å². The predicted molar refractivity (Wildman–Crippen MR) is 194 cm³/mol. The van der Waals surface area contributed by atoms with Crippen molar-refractivity contribution in [2.75, 3.05) is 23.0 Å². The Morgan fingerprint density at radius 2 is 1.71 bits per heavy atom. The van der Waals surface area contributed by atoms with Gasteiger partial charge >= 0.3 is 0 Å². The van der Waals surface area contributed by atoms with Crippen LogP contribution in [0.4, 0.5) is 17.1 Å². The summed E-state index contributed by atoms with van der Waals surface area (Å²) in [6, 6.07) is 22.1. The van der Waals surface area contributed by atoms with E-state index in [1.807, 2.05) is 67.6 Å². The number of benzene rings is 3. The Kier molecular flexibility index (Phi) is 11.3. The van der Waals surface area contributed by atoms with Crippen LogP contribution in [-0.2, 0) is 33.0 Å². The normalized spacial score (nSPS) is 19.4. The number of hydrogen-bond donors (Lipinski definition) is 2. The molecule has 0 fully saturated rings. The number of allylic oxidation sites excluding steroid dienone is 3. The smallest absolute Gasteiger partial charge is 0.264 e. The van der Waals surface area contributed by atoms with Gasteiger partial charge in [-0.25, -0.2) is 0 Å². The fourth-order valence-electron chi connectivity index (χ4n) is 6.74. The Bertz CT molecular complexity index is 1760. The van der Waals surface area contributed by atoms with E-state index >= 15 is 0 Å². The molecule has 0 radical (unpaired) electrons. The van der Waals surface area contributed by atoms with Gasteiger partial charge in [-0.2, -0.15) is 0 Å². The van der Waals surface area contributed by atoms with Gasteiger partial charge in [-0.05, 0) is 81.5 Å². The molecule has 3 aromatic rings. The zero-order valence-electron chi connectivity index (χ0n) is 28.9. The molecule has 0 saturated heterocycles. The number of para-hydroxylation sites is 1. The summed E-state index contributed by atoms with van der Waals surface area (Å²) in [5.41, 5.74) is 4.84. The van der Waals surface area contributed by atoms with Gasteiger partial charge in [0.25, 0.3) is 5.91 Å². The first-order valence-corrected chi connectivity index (χ1v) is 17.0. The van der Waals surface area contributed by atoms with E-state index in [4.69, 9.17) is 0 Å². The topological polar surface area (TPSA) is 101 Å². The molecule has 8 nitrogen and oxygen atoms in total. The molecule has 2 N–H and O–H groups in total. The Hall–Kier alpha value is -4.79. The monoisotopic (exact) mass is 661 g/mol. The van der Waals surface area contributed by atoms with Crippen LogP contribution in [0.5, 0.6) is 0 Å². The van der Waals surface area contributed by atoms with Gasteiger partial charge in [-0.15, -0.1) is 0 Å². The van der Waals surface area contributed by atoms with Gasteiger partial charge < -0.3 is 20.0 Å². The number of amides is 3. The van der Waals surface area contributed by atoms with E-state index < -0.39 is 17.4 Å². The summed E-state index contributed by atoms with van der Waals surface area (Å²) in [7, 11) is 0. The highest BCUT2D eigenvalue weighted by atomic mass is 16.3. The van der Waals surface area contributed by atoms with E-state index in [1.165, 1.54) is 10.5 Å². The van der Waals surface area contributed by atoms with Crippen molar-refractivity contribution >= 4 is 35.3 Å². The Balaban J connectivity index is 1.42. The molecule has 5 rings (SSSR count). The maximum Gasteiger partial charge on any atom is 0.264 e. The van der Waals surface area contributed by atoms with Crippen molar-refractivity contribution in [3.63, 3.8) is 0 Å². The lowest BCUT2D eigenvalue weighted by atomic mass is 9.82. The third-order valence-corrected chi connectivity index (χ3v) is 9.65. The molecule has 0 saturated carbocycles. The third kappa shape index (κ3) is 7.61. The van der Waals surface area contributed by atoms with Crippen LogP contribution in [0.2, 0.25) is 0 Å². The second-order valence-corrected chi connectivity index (χ2v) is 13.3. The lowest BCUT2D eigenvalue weighted by Gasteiger charge is -2.36. The molecule has 3 amide bonds. The lowest BCUT2D eigenvalue weighted by molar-refractivity contribution is -0.139. The van der Waals surface area contributed by atoms with Crippen molar-refractivity contribution < 1.29 is 24.6 Å². The number of carbonyl (C=O) groups excluding carboxylic acids is 3. The maximum absolute atomic E-state index is 14.2. The fraction of sp³-hybridized carbons (Fsp3) is 0.341. The minimum absolute atomic E-state index is 0.0599. The quantitative estimate of drug-likeness (QED) is 0.156. The van der Waals surface area contributed by atoms with Crippen LogP contribution in [0.15, 0.2) is 108 Å². The second kappa shape index (κ2) is 15.6. The Morgan fingerprint density at radius 1 is 1.00 bits per heavy atom. The van der Waals surface area contributed by atoms with Gasteiger partial charge in [0.1, 0.15) is 0 Å². The molecule has 0 bridgehead atoms. The summed E-state index contributed by atoms with van der Waals surface area (Å²) >= 11 is 0. The fourth-order valence-corrected chi connectivity index (χ4v) is 6.74. The molecule has 2 aliphatic rings. The number of rotatable bonds is 13. The van der Waals surface area contributed by atoms with E-state index in [2.05, 4.69) is 19.9 Å². The van der Waals surface area contributed by atoms with Crippen LogP contribution in [-0.4, -0.2) is 52.5 Å². The molecular weight excluding hydrogens is 614 g/mol. The minimum atomic E-state index is -1.93. The first-order chi connectivity index (χ1) is 23.6. The summed E-state index contributed by atoms with van der Waals surface area (Å²) < 4.78 is 0. The van der Waals surface area contributed by atoms with Gasteiger partial charge in [-0.3, -0.25) is 19.3 Å². The van der Waals surface area contributed by atoms with Crippen LogP contribution in [0.3, 0.4) is 0 Å². The highest BCUT2D eigenvalue weighted by Crippen LogP contribution is 2.47. The van der Waals surface area contributed by atoms with E-state index in [-0.39, 0.29) is 31.5 Å². The third-order valence-electron chi connectivity index (χ3n) is 9.65. The average Bonchev–Trinajstić information content (AvgIpc) is 3.32. The number of carbonyl (C=O) groups is 3. The Morgan fingerprint density at radius 3 is 2.41 bits per heavy atom. The summed E-state index contributed by atoms with van der Waals surface area (Å²) in [5.74, 6) is -1.29. The number of anilines is 3. The molecule has 3 atom stereocenters. The van der Waals surface area contributed by atoms with E-state index in [0.29, 0.717) is 35.6 Å². The van der Waals surface area contributed by atoms with Gasteiger partial charge in [-0.1, -0.05) is 84.8 Å². The van der Waals surface area contributed by atoms with E-state index in [1.54, 1.807) is 47.1 Å². The number of aliphatic hydroxyl groups excluding tert-OH is 1. The molecule has 3 aromatic carbocycles. The molecule has 2 aliphatic heterocycles. The molecular formula is C41H47N3O5. The molecule has 0 unspecified atom stereocenters. The van der Waals surface area contributed by atoms with Crippen molar-refractivity contribution in [1.29, 1.82) is 0 Å². The standard InChI is InChI=1S/C41H47N3O5/c1-29(2)12-10-13-30(3)22-23-42-38-21-20-35(44(28-46)34-17-6-5-7-18-34)25-37(38)41(49,40(42)48)31(4)14-11-19-39(47)43-26-33-16-9-8-15-32(33)24-36(43)27-45/h5-9,11-12,14-18,20-22,25,28,31,36,45,49H,10,13,19,23-24,26-27H2,1-4H3/b14-11+,30-22+/t31-,36+,41+/m1/s1. The largest absolute Gasteiger partial charge is 0.394 e. The summed E-state index contributed by atoms with van der Waals surface area (Å²) in [6.07, 6.45) is 10.8. The van der Waals surface area contributed by atoms with E-state index in [0.717, 1.165) is 36.0 Å². The number of hydrogen-bond acceptors (Lipinski definition) is 5. The SMILES string of the molecule is CC(C)=CCC/C(C)=C/CN1C(=O)[C@](O)([C@H](C)/C=C/CC(=O)N2Cc3ccccc3C[C@H]2CO)c2cc(N(C=O)c3ccccc3)ccc21. The molecule has 256 valence electrons. The highest BCUT2D eigenvalue weighted by molar-refractivity contribution is 6.08. The van der Waals surface area contributed by atoms with Gasteiger partial charge in [0.15, 0.2) is 5.60 Å². The van der Waals surface area contributed by atoms with Crippen LogP contribution >= 0.6 is 0 Å². The predicted octanol–water partition coefficient (Wildman–Crippen LogP) is 6.74. The zero-order valence-corrected chi connectivity index (χ0v) is 28.9. The van der Waals surface area contributed by atoms with Crippen LogP contribution in [0, 0.1) is 5.92 Å². The molecule has 8 heteroatoms. The second-order valence-electron chi connectivity index (χ2n) is 13.3. The number of aliphatic hydroxyl groups is 2. The zero-order chi connectivity index (χ0) is 35.1. The highest BCUT2D eigenvalue weighted by Gasteiger charge is 2.52. The average molecular weight is 662 g/mol. The van der Waals surface area contributed by atoms with E-state index in [9.17, 15) is 24.6 Å². The summed E-state index contributed by atoms with van der Waals surface area (Å²) in [5, 5.41) is 22.4. The van der Waals surface area contributed by atoms with Crippen molar-refractivity contribution in [2.45, 2.75) is 71.6 Å². The molecule has 49 heavy (non-hydrogen) atoms. The number of fused-ring (bicyclic) bond motifs is 2. The lowest BCUT2D eigenvalue weighted by Crippen LogP contribution is -2.46. The van der Waals surface area contributed by atoms with Crippen LogP contribution in [0.25, 0.3) is 0 Å². The van der Waals surface area contributed by atoms with Crippen molar-refractivity contribution in [2.24, 2.45) is 5.92 Å². The minimum Gasteiger partial charge on any atom is -0.394 e.